The van der Waals surface area contributed by atoms with Crippen molar-refractivity contribution in [2.75, 3.05) is 5.73 Å². The number of nitrogen functional groups attached to an aromatic ring is 1. The Labute approximate surface area is 130 Å². The summed E-state index contributed by atoms with van der Waals surface area (Å²) < 4.78 is 1.84. The summed E-state index contributed by atoms with van der Waals surface area (Å²) in [4.78, 5) is 4.61. The Bertz CT molecular complexity index is 811. The molecular weight excluding hydrogens is 274 g/mol. The van der Waals surface area contributed by atoms with E-state index in [-0.39, 0.29) is 12.0 Å². The van der Waals surface area contributed by atoms with Gasteiger partial charge in [0, 0.05) is 11.8 Å². The molecule has 0 unspecified atom stereocenters. The van der Waals surface area contributed by atoms with Crippen molar-refractivity contribution >= 4 is 11.5 Å². The van der Waals surface area contributed by atoms with Crippen molar-refractivity contribution in [3.63, 3.8) is 0 Å². The Morgan fingerprint density at radius 1 is 1.14 bits per heavy atom. The maximum Gasteiger partial charge on any atom is 0.139 e. The van der Waals surface area contributed by atoms with Crippen LogP contribution in [0.3, 0.4) is 0 Å². The number of imidazole rings is 1. The van der Waals surface area contributed by atoms with Crippen LogP contribution in [0.25, 0.3) is 16.9 Å². The van der Waals surface area contributed by atoms with Crippen LogP contribution >= 0.6 is 0 Å². The van der Waals surface area contributed by atoms with Gasteiger partial charge in [-0.05, 0) is 28.7 Å². The number of pyridine rings is 1. The Morgan fingerprint density at radius 3 is 2.41 bits per heavy atom. The molecule has 0 saturated carbocycles. The van der Waals surface area contributed by atoms with Gasteiger partial charge >= 0.3 is 0 Å². The molecule has 22 heavy (non-hydrogen) atoms. The van der Waals surface area contributed by atoms with E-state index in [2.05, 4.69) is 50.0 Å². The first-order chi connectivity index (χ1) is 10.4. The molecule has 0 aliphatic carbocycles. The van der Waals surface area contributed by atoms with E-state index < -0.39 is 0 Å². The van der Waals surface area contributed by atoms with E-state index in [1.165, 1.54) is 5.56 Å². The van der Waals surface area contributed by atoms with Crippen LogP contribution < -0.4 is 5.73 Å². The minimum atomic E-state index is -0.00111. The second-order valence-electron chi connectivity index (χ2n) is 6.59. The van der Waals surface area contributed by atoms with Gasteiger partial charge in [0.1, 0.15) is 17.2 Å². The highest BCUT2D eigenvalue weighted by Gasteiger charge is 2.15. The van der Waals surface area contributed by atoms with Crippen molar-refractivity contribution in [3.8, 4) is 11.3 Å². The lowest BCUT2D eigenvalue weighted by Crippen LogP contribution is -2.10. The van der Waals surface area contributed by atoms with Gasteiger partial charge in [-0.2, -0.15) is 0 Å². The number of nitrogens with two attached hydrogens (primary N) is 1. The number of aliphatic hydroxyl groups is 1. The fourth-order valence-electron chi connectivity index (χ4n) is 2.54. The zero-order valence-corrected chi connectivity index (χ0v) is 13.2. The highest BCUT2D eigenvalue weighted by Crippen LogP contribution is 2.29. The zero-order valence-electron chi connectivity index (χ0n) is 13.2. The molecule has 0 bridgehead atoms. The van der Waals surface area contributed by atoms with E-state index in [0.717, 1.165) is 22.5 Å². The van der Waals surface area contributed by atoms with Gasteiger partial charge in [0.25, 0.3) is 0 Å². The van der Waals surface area contributed by atoms with Crippen LogP contribution in [0.4, 0.5) is 5.82 Å². The average molecular weight is 295 g/mol. The number of benzene rings is 1. The first kappa shape index (κ1) is 14.6. The van der Waals surface area contributed by atoms with Crippen molar-refractivity contribution in [1.29, 1.82) is 0 Å². The number of hydrogen-bond acceptors (Lipinski definition) is 3. The van der Waals surface area contributed by atoms with E-state index in [0.29, 0.717) is 5.82 Å². The molecule has 2 heterocycles. The summed E-state index contributed by atoms with van der Waals surface area (Å²) in [6, 6.07) is 12.1. The molecule has 3 rings (SSSR count). The van der Waals surface area contributed by atoms with Gasteiger partial charge in [-0.15, -0.1) is 0 Å². The second-order valence-corrected chi connectivity index (χ2v) is 6.59. The predicted octanol–water partition coefficient (Wildman–Crippen LogP) is 3.37. The Hall–Kier alpha value is -2.33. The molecule has 0 amide bonds. The van der Waals surface area contributed by atoms with Gasteiger partial charge in [0.2, 0.25) is 0 Å². The van der Waals surface area contributed by atoms with Crippen LogP contribution in [-0.4, -0.2) is 14.5 Å². The van der Waals surface area contributed by atoms with E-state index >= 15 is 0 Å². The Balaban J connectivity index is 2.08. The number of fused-ring (bicyclic) bond motifs is 1. The standard InChI is InChI=1S/C18H21N3O/c1-18(2,3)14-6-4-13(5-7-14)16-17(19)21-9-8-12(11-22)10-15(21)20-16/h4-10,22H,11,19H2,1-3H3. The number of aromatic nitrogens is 2. The highest BCUT2D eigenvalue weighted by molar-refractivity contribution is 5.75. The minimum absolute atomic E-state index is 0.00111. The smallest absolute Gasteiger partial charge is 0.139 e. The molecule has 3 N–H and O–H groups in total. The summed E-state index contributed by atoms with van der Waals surface area (Å²) in [7, 11) is 0. The Kier molecular flexibility index (Phi) is 3.41. The van der Waals surface area contributed by atoms with Gasteiger partial charge in [0.05, 0.1) is 6.61 Å². The number of nitrogens with zero attached hydrogens (tertiary/aromatic N) is 2. The van der Waals surface area contributed by atoms with E-state index in [1.54, 1.807) is 0 Å². The molecule has 4 heteroatoms. The molecular formula is C18H21N3O. The van der Waals surface area contributed by atoms with Crippen LogP contribution in [-0.2, 0) is 12.0 Å². The topological polar surface area (TPSA) is 63.5 Å². The lowest BCUT2D eigenvalue weighted by atomic mass is 9.86. The summed E-state index contributed by atoms with van der Waals surface area (Å²) in [6.45, 7) is 6.58. The van der Waals surface area contributed by atoms with Crippen molar-refractivity contribution < 1.29 is 5.11 Å². The van der Waals surface area contributed by atoms with Crippen LogP contribution in [0.2, 0.25) is 0 Å². The lowest BCUT2D eigenvalue weighted by molar-refractivity contribution is 0.282. The second kappa shape index (κ2) is 5.14. The molecule has 0 radical (unpaired) electrons. The third kappa shape index (κ3) is 2.46. The summed E-state index contributed by atoms with van der Waals surface area (Å²) in [5.41, 5.74) is 11.0. The Morgan fingerprint density at radius 2 is 1.82 bits per heavy atom. The monoisotopic (exact) mass is 295 g/mol. The molecule has 0 saturated heterocycles. The summed E-state index contributed by atoms with van der Waals surface area (Å²) in [5, 5.41) is 9.23. The fraction of sp³-hybridized carbons (Fsp3) is 0.278. The van der Waals surface area contributed by atoms with Crippen molar-refractivity contribution in [2.24, 2.45) is 0 Å². The number of hydrogen-bond donors (Lipinski definition) is 2. The minimum Gasteiger partial charge on any atom is -0.392 e. The molecule has 0 fully saturated rings. The molecule has 0 aliphatic rings. The van der Waals surface area contributed by atoms with Crippen LogP contribution in [0, 0.1) is 0 Å². The summed E-state index contributed by atoms with van der Waals surface area (Å²) >= 11 is 0. The molecule has 3 aromatic rings. The fourth-order valence-corrected chi connectivity index (χ4v) is 2.54. The van der Waals surface area contributed by atoms with Gasteiger partial charge in [-0.1, -0.05) is 45.0 Å². The highest BCUT2D eigenvalue weighted by atomic mass is 16.3. The van der Waals surface area contributed by atoms with Crippen molar-refractivity contribution in [3.05, 3.63) is 53.7 Å². The van der Waals surface area contributed by atoms with Gasteiger partial charge in [-0.25, -0.2) is 4.98 Å². The maximum atomic E-state index is 9.23. The first-order valence-corrected chi connectivity index (χ1v) is 7.38. The van der Waals surface area contributed by atoms with Crippen LogP contribution in [0.1, 0.15) is 31.9 Å². The average Bonchev–Trinajstić information content (AvgIpc) is 2.83. The van der Waals surface area contributed by atoms with E-state index in [9.17, 15) is 5.11 Å². The van der Waals surface area contributed by atoms with Crippen molar-refractivity contribution in [2.45, 2.75) is 32.8 Å². The molecule has 0 atom stereocenters. The quantitative estimate of drug-likeness (QED) is 0.762. The van der Waals surface area contributed by atoms with Crippen molar-refractivity contribution in [1.82, 2.24) is 9.38 Å². The lowest BCUT2D eigenvalue weighted by Gasteiger charge is -2.18. The van der Waals surface area contributed by atoms with Gasteiger partial charge in [0.15, 0.2) is 0 Å². The molecule has 0 spiro atoms. The largest absolute Gasteiger partial charge is 0.392 e. The SMILES string of the molecule is CC(C)(C)c1ccc(-c2nc3cc(CO)ccn3c2N)cc1. The predicted molar refractivity (Wildman–Crippen MR) is 89.7 cm³/mol. The molecule has 1 aromatic carbocycles. The number of anilines is 1. The molecule has 4 nitrogen and oxygen atoms in total. The van der Waals surface area contributed by atoms with Crippen LogP contribution in [0.15, 0.2) is 42.6 Å². The number of aliphatic hydroxyl groups excluding tert-OH is 1. The number of rotatable bonds is 2. The van der Waals surface area contributed by atoms with E-state index in [1.807, 2.05) is 22.7 Å². The molecule has 114 valence electrons. The molecule has 0 aliphatic heterocycles. The first-order valence-electron chi connectivity index (χ1n) is 7.38. The van der Waals surface area contributed by atoms with Gasteiger partial charge in [-0.3, -0.25) is 4.40 Å². The summed E-state index contributed by atoms with van der Waals surface area (Å²) in [5.74, 6) is 0.614. The maximum absolute atomic E-state index is 9.23. The van der Waals surface area contributed by atoms with Gasteiger partial charge < -0.3 is 10.8 Å². The van der Waals surface area contributed by atoms with E-state index in [4.69, 9.17) is 5.73 Å². The zero-order chi connectivity index (χ0) is 15.9. The molecule has 2 aromatic heterocycles. The summed E-state index contributed by atoms with van der Waals surface area (Å²) in [6.07, 6.45) is 1.84. The van der Waals surface area contributed by atoms with Crippen LogP contribution in [0.5, 0.6) is 0 Å². The normalized spacial score (nSPS) is 12.0. The third-order valence-electron chi connectivity index (χ3n) is 3.93. The third-order valence-corrected chi connectivity index (χ3v) is 3.93.